The average molecular weight is 390 g/mol. The minimum atomic E-state index is -0.541. The zero-order valence-corrected chi connectivity index (χ0v) is 14.7. The number of nitrogens with zero attached hydrogens (tertiary/aromatic N) is 5. The molecule has 1 aromatic carbocycles. The second-order valence-electron chi connectivity index (χ2n) is 5.49. The molecule has 0 spiro atoms. The maximum absolute atomic E-state index is 14.0. The molecule has 3 aromatic rings. The monoisotopic (exact) mass is 389 g/mol. The highest BCUT2D eigenvalue weighted by atomic mass is 35.5. The van der Waals surface area contributed by atoms with Crippen LogP contribution < -0.4 is 0 Å². The van der Waals surface area contributed by atoms with E-state index in [0.717, 1.165) is 18.2 Å². The number of hydrogen-bond donors (Lipinski definition) is 1. The molecular formula is C18H14ClF2N5O. The maximum atomic E-state index is 14.0. The van der Waals surface area contributed by atoms with Gasteiger partial charge in [-0.25, -0.2) is 28.7 Å². The Balaban J connectivity index is 2.09. The van der Waals surface area contributed by atoms with Crippen LogP contribution in [0, 0.1) is 11.6 Å². The summed E-state index contributed by atoms with van der Waals surface area (Å²) in [4.78, 5) is 16.5. The van der Waals surface area contributed by atoms with Crippen molar-refractivity contribution in [3.8, 4) is 0 Å². The highest BCUT2D eigenvalue weighted by Gasteiger charge is 2.14. The number of imidazole rings is 1. The Labute approximate surface area is 158 Å². The Morgan fingerprint density at radius 3 is 2.93 bits per heavy atom. The Morgan fingerprint density at radius 1 is 1.37 bits per heavy atom. The quantitative estimate of drug-likeness (QED) is 0.538. The fourth-order valence-electron chi connectivity index (χ4n) is 2.44. The van der Waals surface area contributed by atoms with Crippen molar-refractivity contribution in [2.45, 2.75) is 6.42 Å². The lowest BCUT2D eigenvalue weighted by Gasteiger charge is -2.08. The Kier molecular flexibility index (Phi) is 5.68. The van der Waals surface area contributed by atoms with Gasteiger partial charge in [0.1, 0.15) is 17.3 Å². The zero-order valence-electron chi connectivity index (χ0n) is 14.0. The van der Waals surface area contributed by atoms with E-state index in [0.29, 0.717) is 17.0 Å². The first kappa shape index (κ1) is 18.8. The molecule has 0 radical (unpaired) electrons. The number of amidine groups is 1. The van der Waals surface area contributed by atoms with Crippen LogP contribution in [0.2, 0.25) is 0 Å². The van der Waals surface area contributed by atoms with E-state index in [1.165, 1.54) is 6.20 Å². The lowest BCUT2D eigenvalue weighted by Crippen LogP contribution is -2.08. The van der Waals surface area contributed by atoms with E-state index in [1.807, 2.05) is 0 Å². The van der Waals surface area contributed by atoms with Crippen molar-refractivity contribution in [2.24, 2.45) is 9.98 Å². The SMILES string of the molecule is C=NC(=N/C=C(/Cl)CO)c1cn2ccnc2c(Cc2cc(F)ccc2F)n1. The van der Waals surface area contributed by atoms with Crippen LogP contribution in [0.3, 0.4) is 0 Å². The van der Waals surface area contributed by atoms with E-state index in [4.69, 9.17) is 16.7 Å². The number of benzene rings is 1. The molecule has 2 heterocycles. The van der Waals surface area contributed by atoms with Crippen LogP contribution in [0.25, 0.3) is 5.65 Å². The van der Waals surface area contributed by atoms with Crippen LogP contribution in [0.4, 0.5) is 8.78 Å². The van der Waals surface area contributed by atoms with Crippen molar-refractivity contribution in [1.29, 1.82) is 0 Å². The van der Waals surface area contributed by atoms with Gasteiger partial charge in [0, 0.05) is 31.2 Å². The molecule has 0 aliphatic rings. The number of aliphatic imine (C=N–C) groups is 2. The third kappa shape index (κ3) is 4.24. The van der Waals surface area contributed by atoms with E-state index in [2.05, 4.69) is 26.7 Å². The van der Waals surface area contributed by atoms with Gasteiger partial charge >= 0.3 is 0 Å². The van der Waals surface area contributed by atoms with Gasteiger partial charge in [0.15, 0.2) is 11.5 Å². The summed E-state index contributed by atoms with van der Waals surface area (Å²) < 4.78 is 29.2. The van der Waals surface area contributed by atoms with E-state index >= 15 is 0 Å². The van der Waals surface area contributed by atoms with Gasteiger partial charge in [0.2, 0.25) is 0 Å². The third-order valence-corrected chi connectivity index (χ3v) is 3.88. The normalized spacial score (nSPS) is 12.6. The zero-order chi connectivity index (χ0) is 19.4. The fourth-order valence-corrected chi connectivity index (χ4v) is 2.49. The highest BCUT2D eigenvalue weighted by Crippen LogP contribution is 2.18. The summed E-state index contributed by atoms with van der Waals surface area (Å²) in [7, 11) is 0. The predicted molar refractivity (Wildman–Crippen MR) is 99.3 cm³/mol. The van der Waals surface area contributed by atoms with E-state index in [-0.39, 0.29) is 29.5 Å². The second-order valence-corrected chi connectivity index (χ2v) is 5.97. The average Bonchev–Trinajstić information content (AvgIpc) is 3.14. The molecule has 2 aromatic heterocycles. The molecule has 9 heteroatoms. The molecule has 0 bridgehead atoms. The van der Waals surface area contributed by atoms with Crippen LogP contribution in [-0.2, 0) is 6.42 Å². The minimum Gasteiger partial charge on any atom is -0.391 e. The fraction of sp³-hybridized carbons (Fsp3) is 0.111. The Hall–Kier alpha value is -2.97. The predicted octanol–water partition coefficient (Wildman–Crippen LogP) is 3.12. The van der Waals surface area contributed by atoms with Crippen molar-refractivity contribution < 1.29 is 13.9 Å². The summed E-state index contributed by atoms with van der Waals surface area (Å²) in [6, 6.07) is 3.24. The molecule has 138 valence electrons. The van der Waals surface area contributed by atoms with Gasteiger partial charge in [0.25, 0.3) is 0 Å². The summed E-state index contributed by atoms with van der Waals surface area (Å²) >= 11 is 5.73. The summed E-state index contributed by atoms with van der Waals surface area (Å²) in [5.41, 5.74) is 1.39. The van der Waals surface area contributed by atoms with Gasteiger partial charge < -0.3 is 9.51 Å². The largest absolute Gasteiger partial charge is 0.391 e. The number of fused-ring (bicyclic) bond motifs is 1. The molecule has 27 heavy (non-hydrogen) atoms. The van der Waals surface area contributed by atoms with Gasteiger partial charge in [-0.3, -0.25) is 0 Å². The van der Waals surface area contributed by atoms with Crippen molar-refractivity contribution in [1.82, 2.24) is 14.4 Å². The molecule has 0 fully saturated rings. The smallest absolute Gasteiger partial charge is 0.179 e. The summed E-state index contributed by atoms with van der Waals surface area (Å²) in [6.45, 7) is 3.09. The molecule has 0 aliphatic heterocycles. The highest BCUT2D eigenvalue weighted by molar-refractivity contribution is 6.29. The molecule has 0 aliphatic carbocycles. The van der Waals surface area contributed by atoms with Crippen molar-refractivity contribution >= 4 is 29.8 Å². The molecule has 0 unspecified atom stereocenters. The van der Waals surface area contributed by atoms with Crippen LogP contribution in [0.15, 0.2) is 58.0 Å². The number of hydrogen-bond acceptors (Lipinski definition) is 4. The van der Waals surface area contributed by atoms with Gasteiger partial charge in [-0.2, -0.15) is 0 Å². The molecule has 0 saturated carbocycles. The maximum Gasteiger partial charge on any atom is 0.179 e. The summed E-state index contributed by atoms with van der Waals surface area (Å²) in [6.07, 6.45) is 6.13. The van der Waals surface area contributed by atoms with Crippen LogP contribution in [0.5, 0.6) is 0 Å². The van der Waals surface area contributed by atoms with Gasteiger partial charge in [-0.05, 0) is 30.5 Å². The van der Waals surface area contributed by atoms with Crippen LogP contribution >= 0.6 is 11.6 Å². The van der Waals surface area contributed by atoms with Crippen molar-refractivity contribution in [3.63, 3.8) is 0 Å². The van der Waals surface area contributed by atoms with Crippen LogP contribution in [0.1, 0.15) is 17.0 Å². The number of aliphatic hydroxyl groups is 1. The third-order valence-electron chi connectivity index (χ3n) is 3.67. The van der Waals surface area contributed by atoms with E-state index in [1.54, 1.807) is 23.0 Å². The van der Waals surface area contributed by atoms with Crippen molar-refractivity contribution in [2.75, 3.05) is 6.61 Å². The van der Waals surface area contributed by atoms with Crippen LogP contribution in [-0.4, -0.2) is 38.6 Å². The Morgan fingerprint density at radius 2 is 2.19 bits per heavy atom. The molecule has 0 atom stereocenters. The first-order valence-electron chi connectivity index (χ1n) is 7.78. The standard InChI is InChI=1S/C18H14ClF2N5O/c1-22-17(24-8-12(19)10-27)16-9-26-5-4-23-18(26)15(25-16)7-11-6-13(20)2-3-14(11)21/h2-6,8-9,27H,1,7,10H2/b12-8+,24-17?. The first-order valence-corrected chi connectivity index (χ1v) is 8.16. The van der Waals surface area contributed by atoms with Gasteiger partial charge in [-0.1, -0.05) is 11.6 Å². The lowest BCUT2D eigenvalue weighted by atomic mass is 10.1. The summed E-state index contributed by atoms with van der Waals surface area (Å²) in [5.74, 6) is -0.930. The molecule has 3 rings (SSSR count). The molecule has 0 amide bonds. The molecular weight excluding hydrogens is 376 g/mol. The topological polar surface area (TPSA) is 75.1 Å². The van der Waals surface area contributed by atoms with Gasteiger partial charge in [0.05, 0.1) is 17.3 Å². The van der Waals surface area contributed by atoms with Crippen molar-refractivity contribution in [3.05, 3.63) is 76.6 Å². The lowest BCUT2D eigenvalue weighted by molar-refractivity contribution is 0.338. The first-order chi connectivity index (χ1) is 13.0. The van der Waals surface area contributed by atoms with E-state index in [9.17, 15) is 8.78 Å². The summed E-state index contributed by atoms with van der Waals surface area (Å²) in [5, 5.41) is 9.06. The molecule has 0 saturated heterocycles. The number of aliphatic hydroxyl groups excluding tert-OH is 1. The molecule has 6 nitrogen and oxygen atoms in total. The minimum absolute atomic E-state index is 0.0234. The van der Waals surface area contributed by atoms with Gasteiger partial charge in [-0.15, -0.1) is 0 Å². The number of rotatable bonds is 5. The Bertz CT molecular complexity index is 1060. The second kappa shape index (κ2) is 8.15. The van der Waals surface area contributed by atoms with E-state index < -0.39 is 11.6 Å². The molecule has 1 N–H and O–H groups in total. The number of halogens is 3. The number of aromatic nitrogens is 3.